The van der Waals surface area contributed by atoms with Crippen molar-refractivity contribution in [2.45, 2.75) is 32.6 Å². The number of aromatic nitrogens is 5. The van der Waals surface area contributed by atoms with Crippen LogP contribution in [0.15, 0.2) is 65.4 Å². The lowest BCUT2D eigenvalue weighted by atomic mass is 10.1. The number of urea groups is 1. The number of nitrogen functional groups attached to an aromatic ring is 1. The third kappa shape index (κ3) is 6.68. The topological polar surface area (TPSA) is 190 Å². The zero-order valence-electron chi connectivity index (χ0n) is 24.3. The highest BCUT2D eigenvalue weighted by Gasteiger charge is 2.44. The Hall–Kier alpha value is -5.71. The number of nitrogens with zero attached hydrogens (tertiary/aromatic N) is 6. The molecule has 5 aromatic rings. The minimum atomic E-state index is -5.37. The van der Waals surface area contributed by atoms with Gasteiger partial charge in [0.15, 0.2) is 23.1 Å². The molecule has 5 rings (SSSR count). The van der Waals surface area contributed by atoms with Crippen LogP contribution in [-0.2, 0) is 22.7 Å². The summed E-state index contributed by atoms with van der Waals surface area (Å²) in [4.78, 5) is 38.8. The van der Waals surface area contributed by atoms with E-state index in [0.29, 0.717) is 53.2 Å². The molecule has 0 radical (unpaired) electrons. The van der Waals surface area contributed by atoms with Gasteiger partial charge in [-0.1, -0.05) is 42.5 Å². The van der Waals surface area contributed by atoms with Crippen molar-refractivity contribution in [3.63, 3.8) is 0 Å². The molecule has 0 aliphatic rings. The minimum Gasteiger partial charge on any atom is -0.490 e. The Labute approximate surface area is 259 Å². The number of hydrogen-bond donors (Lipinski definition) is 3. The summed E-state index contributed by atoms with van der Waals surface area (Å²) >= 11 is 0. The first-order chi connectivity index (χ1) is 22.1. The van der Waals surface area contributed by atoms with Gasteiger partial charge < -0.3 is 30.9 Å². The third-order valence-corrected chi connectivity index (χ3v) is 6.61. The Morgan fingerprint density at radius 2 is 1.87 bits per heavy atom. The molecule has 2 amide bonds. The molecule has 14 nitrogen and oxygen atoms in total. The standard InChI is InChI=1S/C29H28F3N9O5/c1-2-40-24-20(44-13-7-12-33)16-35-21(22(24)37-26(40)23-25(34)39-46-38-23)18-10-6-11-19(14-18)41(45-27(42)29(30,31)32)28(43)36-15-17-8-4-3-5-9-17/h3-6,8-11,14,16H,2,7,12-13,15,33H2,1H3,(H2,34,39)(H,36,43). The van der Waals surface area contributed by atoms with E-state index in [2.05, 4.69) is 25.5 Å². The number of ether oxygens (including phenoxy) is 1. The van der Waals surface area contributed by atoms with Crippen LogP contribution in [0.2, 0.25) is 0 Å². The van der Waals surface area contributed by atoms with Crippen LogP contribution in [0.5, 0.6) is 5.75 Å². The maximum absolute atomic E-state index is 13.2. The average Bonchev–Trinajstić information content (AvgIpc) is 3.65. The van der Waals surface area contributed by atoms with Crippen LogP contribution in [0.25, 0.3) is 33.8 Å². The maximum Gasteiger partial charge on any atom is 0.493 e. The highest BCUT2D eigenvalue weighted by molar-refractivity contribution is 5.98. The van der Waals surface area contributed by atoms with E-state index >= 15 is 0 Å². The van der Waals surface area contributed by atoms with Gasteiger partial charge in [0.05, 0.1) is 24.2 Å². The zero-order valence-corrected chi connectivity index (χ0v) is 24.3. The van der Waals surface area contributed by atoms with E-state index < -0.39 is 18.2 Å². The van der Waals surface area contributed by atoms with Crippen LogP contribution in [0.4, 0.5) is 29.5 Å². The van der Waals surface area contributed by atoms with Crippen LogP contribution in [0.1, 0.15) is 18.9 Å². The Morgan fingerprint density at radius 1 is 1.09 bits per heavy atom. The molecule has 0 spiro atoms. The lowest BCUT2D eigenvalue weighted by Gasteiger charge is -2.22. The Balaban J connectivity index is 1.59. The number of imidazole rings is 1. The van der Waals surface area contributed by atoms with E-state index in [-0.39, 0.29) is 41.1 Å². The van der Waals surface area contributed by atoms with Crippen molar-refractivity contribution >= 4 is 34.5 Å². The van der Waals surface area contributed by atoms with Crippen LogP contribution >= 0.6 is 0 Å². The molecule has 240 valence electrons. The first kappa shape index (κ1) is 31.7. The van der Waals surface area contributed by atoms with Crippen LogP contribution < -0.4 is 26.6 Å². The number of nitrogens with one attached hydrogen (secondary N) is 1. The molecule has 5 N–H and O–H groups in total. The number of anilines is 2. The monoisotopic (exact) mass is 639 g/mol. The van der Waals surface area contributed by atoms with Crippen molar-refractivity contribution in [1.82, 2.24) is 30.2 Å². The predicted octanol–water partition coefficient (Wildman–Crippen LogP) is 4.21. The smallest absolute Gasteiger partial charge is 0.490 e. The molecule has 0 unspecified atom stereocenters. The van der Waals surface area contributed by atoms with Gasteiger partial charge in [0.25, 0.3) is 0 Å². The Bertz CT molecular complexity index is 1840. The Morgan fingerprint density at radius 3 is 2.54 bits per heavy atom. The average molecular weight is 640 g/mol. The molecule has 3 heterocycles. The first-order valence-electron chi connectivity index (χ1n) is 13.9. The number of nitrogens with two attached hydrogens (primary N) is 2. The summed E-state index contributed by atoms with van der Waals surface area (Å²) in [5.41, 5.74) is 13.6. The molecule has 0 aliphatic heterocycles. The van der Waals surface area contributed by atoms with Crippen molar-refractivity contribution in [2.24, 2.45) is 5.73 Å². The van der Waals surface area contributed by atoms with E-state index in [1.54, 1.807) is 41.0 Å². The van der Waals surface area contributed by atoms with Gasteiger partial charge in [-0.2, -0.15) is 13.2 Å². The van der Waals surface area contributed by atoms with Gasteiger partial charge in [0.1, 0.15) is 11.0 Å². The number of amides is 2. The number of fused-ring (bicyclic) bond motifs is 1. The van der Waals surface area contributed by atoms with Crippen LogP contribution in [0.3, 0.4) is 0 Å². The van der Waals surface area contributed by atoms with Gasteiger partial charge in [-0.15, -0.1) is 5.06 Å². The minimum absolute atomic E-state index is 0.00393. The number of alkyl halides is 3. The molecular weight excluding hydrogens is 611 g/mol. The second kappa shape index (κ2) is 13.5. The number of aryl methyl sites for hydroxylation is 1. The summed E-state index contributed by atoms with van der Waals surface area (Å²) < 4.78 is 52.2. The molecule has 46 heavy (non-hydrogen) atoms. The summed E-state index contributed by atoms with van der Waals surface area (Å²) in [5, 5.41) is 10.2. The normalized spacial score (nSPS) is 11.4. The number of carbonyl (C=O) groups excluding carboxylic acids is 2. The number of benzene rings is 2. The van der Waals surface area contributed by atoms with Gasteiger partial charge in [-0.3, -0.25) is 0 Å². The number of rotatable bonds is 10. The molecule has 0 saturated carbocycles. The number of halogens is 3. The fraction of sp³-hybridized carbons (Fsp3) is 0.241. The van der Waals surface area contributed by atoms with E-state index in [0.717, 1.165) is 0 Å². The van der Waals surface area contributed by atoms with Crippen molar-refractivity contribution in [2.75, 3.05) is 23.9 Å². The number of pyridine rings is 1. The fourth-order valence-corrected chi connectivity index (χ4v) is 4.51. The number of carbonyl (C=O) groups is 2. The first-order valence-corrected chi connectivity index (χ1v) is 13.9. The predicted molar refractivity (Wildman–Crippen MR) is 159 cm³/mol. The van der Waals surface area contributed by atoms with Crippen molar-refractivity contribution in [3.05, 3.63) is 66.4 Å². The van der Waals surface area contributed by atoms with Gasteiger partial charge in [0.2, 0.25) is 0 Å². The molecule has 0 bridgehead atoms. The summed E-state index contributed by atoms with van der Waals surface area (Å²) in [7, 11) is 0. The fourth-order valence-electron chi connectivity index (χ4n) is 4.51. The molecule has 2 aromatic carbocycles. The molecule has 0 saturated heterocycles. The molecule has 0 atom stereocenters. The molecule has 17 heteroatoms. The maximum atomic E-state index is 13.2. The van der Waals surface area contributed by atoms with Crippen molar-refractivity contribution < 1.29 is 37.0 Å². The SMILES string of the molecule is CCn1c(-c2nonc2N)nc2c(-c3cccc(N(OC(=O)C(F)(F)F)C(=O)NCc4ccccc4)c3)ncc(OCCCN)c21. The van der Waals surface area contributed by atoms with Crippen molar-refractivity contribution in [3.8, 4) is 28.5 Å². The van der Waals surface area contributed by atoms with Gasteiger partial charge in [0, 0.05) is 18.7 Å². The lowest BCUT2D eigenvalue weighted by Crippen LogP contribution is -2.44. The number of hydrogen-bond acceptors (Lipinski definition) is 11. The zero-order chi connectivity index (χ0) is 32.8. The quantitative estimate of drug-likeness (QED) is 0.147. The van der Waals surface area contributed by atoms with Gasteiger partial charge in [-0.25, -0.2) is 24.2 Å². The van der Waals surface area contributed by atoms with E-state index in [9.17, 15) is 22.8 Å². The van der Waals surface area contributed by atoms with Gasteiger partial charge >= 0.3 is 18.2 Å². The van der Waals surface area contributed by atoms with E-state index in [1.807, 2.05) is 6.92 Å². The van der Waals surface area contributed by atoms with Gasteiger partial charge in [-0.05, 0) is 47.9 Å². The Kier molecular flexibility index (Phi) is 9.31. The van der Waals surface area contributed by atoms with Crippen LogP contribution in [0, 0.1) is 0 Å². The van der Waals surface area contributed by atoms with Crippen LogP contribution in [-0.4, -0.2) is 56.2 Å². The molecular formula is C29H28F3N9O5. The highest BCUT2D eigenvalue weighted by atomic mass is 19.4. The molecule has 0 fully saturated rings. The molecule has 0 aliphatic carbocycles. The van der Waals surface area contributed by atoms with Crippen molar-refractivity contribution in [1.29, 1.82) is 0 Å². The number of hydroxylamine groups is 1. The second-order valence-electron chi connectivity index (χ2n) is 9.70. The lowest BCUT2D eigenvalue weighted by molar-refractivity contribution is -0.199. The summed E-state index contributed by atoms with van der Waals surface area (Å²) in [6.07, 6.45) is -3.33. The second-order valence-corrected chi connectivity index (χ2v) is 9.70. The van der Waals surface area contributed by atoms with E-state index in [4.69, 9.17) is 25.8 Å². The highest BCUT2D eigenvalue weighted by Crippen LogP contribution is 2.37. The van der Waals surface area contributed by atoms with E-state index in [1.165, 1.54) is 24.4 Å². The molecule has 3 aromatic heterocycles. The third-order valence-electron chi connectivity index (χ3n) is 6.61. The summed E-state index contributed by atoms with van der Waals surface area (Å²) in [6.45, 7) is 2.88. The summed E-state index contributed by atoms with van der Waals surface area (Å²) in [5.74, 6) is -1.92. The summed E-state index contributed by atoms with van der Waals surface area (Å²) in [6, 6.07) is 13.2. The largest absolute Gasteiger partial charge is 0.493 e.